The van der Waals surface area contributed by atoms with Crippen LogP contribution in [0.25, 0.3) is 5.70 Å². The Kier molecular flexibility index (Phi) is 9.44. The lowest BCUT2D eigenvalue weighted by molar-refractivity contribution is -0.0978. The molecule has 4 atom stereocenters. The second kappa shape index (κ2) is 11.3. The van der Waals surface area contributed by atoms with E-state index in [4.69, 9.17) is 33.7 Å². The topological polar surface area (TPSA) is 121 Å². The number of hydrogen-bond acceptors (Lipinski definition) is 9. The number of thioether (sulfide) groups is 1. The lowest BCUT2D eigenvalue weighted by atomic mass is 10.2. The van der Waals surface area contributed by atoms with Gasteiger partial charge in [-0.15, -0.1) is 11.3 Å². The average Bonchev–Trinajstić information content (AvgIpc) is 3.11. The molecule has 1 aromatic carbocycles. The third-order valence-electron chi connectivity index (χ3n) is 3.56. The molecule has 0 bridgehead atoms. The van der Waals surface area contributed by atoms with E-state index in [1.807, 2.05) is 0 Å². The minimum Gasteiger partial charge on any atom is -0.395 e. The first kappa shape index (κ1) is 24.2. The molecule has 2 aromatic rings. The van der Waals surface area contributed by atoms with Crippen molar-refractivity contribution in [1.82, 2.24) is 10.3 Å². The third-order valence-corrected chi connectivity index (χ3v) is 6.29. The van der Waals surface area contributed by atoms with Crippen molar-refractivity contribution in [2.24, 2.45) is 5.73 Å². The van der Waals surface area contributed by atoms with Crippen LogP contribution < -0.4 is 11.1 Å². The highest BCUT2D eigenvalue weighted by Crippen LogP contribution is 2.32. The minimum absolute atomic E-state index is 0.116. The monoisotopic (exact) mass is 483 g/mol. The van der Waals surface area contributed by atoms with Gasteiger partial charge in [0.25, 0.3) is 0 Å². The fraction of sp³-hybridized carbons (Fsp3) is 0.353. The Morgan fingerprint density at radius 3 is 2.69 bits per heavy atom. The third kappa shape index (κ3) is 7.26. The number of benzene rings is 1. The van der Waals surface area contributed by atoms with Gasteiger partial charge in [-0.1, -0.05) is 35.0 Å². The number of nitrogens with one attached hydrogen (secondary N) is 1. The highest BCUT2D eigenvalue weighted by Gasteiger charge is 2.27. The molecule has 0 fully saturated rings. The Bertz CT molecular complexity index is 841. The summed E-state index contributed by atoms with van der Waals surface area (Å²) in [5.41, 5.74) is 4.97. The first-order valence-corrected chi connectivity index (χ1v) is 10.8. The van der Waals surface area contributed by atoms with E-state index in [2.05, 4.69) is 10.3 Å². The summed E-state index contributed by atoms with van der Waals surface area (Å²) in [6.07, 6.45) is -1.97. The van der Waals surface area contributed by atoms with Crippen LogP contribution in [0.3, 0.4) is 0 Å². The van der Waals surface area contributed by atoms with E-state index in [1.54, 1.807) is 18.2 Å². The molecule has 6 N–H and O–H groups in total. The largest absolute Gasteiger partial charge is 0.395 e. The van der Waals surface area contributed by atoms with Gasteiger partial charge in [-0.05, 0) is 25.1 Å². The number of hydrogen-bond donors (Lipinski definition) is 5. The normalized spacial score (nSPS) is 16.3. The first-order chi connectivity index (χ1) is 13.7. The van der Waals surface area contributed by atoms with Gasteiger partial charge in [-0.25, -0.2) is 4.98 Å². The maximum atomic E-state index is 13.0. The van der Waals surface area contributed by atoms with E-state index in [-0.39, 0.29) is 10.7 Å². The van der Waals surface area contributed by atoms with Crippen LogP contribution in [0.4, 0.5) is 4.39 Å². The number of aliphatic hydroxyl groups is 3. The van der Waals surface area contributed by atoms with Crippen LogP contribution in [0.1, 0.15) is 11.9 Å². The van der Waals surface area contributed by atoms with E-state index in [0.29, 0.717) is 14.9 Å². The van der Waals surface area contributed by atoms with Crippen LogP contribution in [-0.4, -0.2) is 50.8 Å². The second-order valence-electron chi connectivity index (χ2n) is 5.85. The van der Waals surface area contributed by atoms with Gasteiger partial charge in [0.1, 0.15) is 11.1 Å². The number of nitrogens with two attached hydrogens (primary N) is 1. The second-order valence-corrected chi connectivity index (χ2v) is 8.69. The molecule has 29 heavy (non-hydrogen) atoms. The fourth-order valence-electron chi connectivity index (χ4n) is 2.03. The van der Waals surface area contributed by atoms with Crippen molar-refractivity contribution in [3.63, 3.8) is 0 Å². The number of nitrogens with zero attached hydrogens (tertiary/aromatic N) is 1. The molecule has 12 heteroatoms. The van der Waals surface area contributed by atoms with Crippen molar-refractivity contribution in [2.45, 2.75) is 35.7 Å². The summed E-state index contributed by atoms with van der Waals surface area (Å²) in [6, 6.07) is 4.87. The number of rotatable bonds is 10. The molecule has 0 spiro atoms. The van der Waals surface area contributed by atoms with E-state index in [0.717, 1.165) is 23.1 Å². The van der Waals surface area contributed by atoms with E-state index in [1.165, 1.54) is 18.5 Å². The molecule has 1 aromatic heterocycles. The molecule has 160 valence electrons. The molecule has 0 aliphatic rings. The van der Waals surface area contributed by atoms with Crippen LogP contribution in [-0.2, 0) is 4.74 Å². The number of halogens is 3. The molecule has 2 rings (SSSR count). The number of ether oxygens (including phenoxy) is 1. The standard InChI is InChI=1S/C17H20Cl2FN3O4S2/c1-8(25)13(6-24)27-17(29-9-2-3-10(18)11(19)4-9)15(26)22-5-12(21)16-23-14(20)7-28-16/h2-5,7-8,13,15,17,22,24-26H,6,21H2,1H3/b12-5-. The van der Waals surface area contributed by atoms with Crippen molar-refractivity contribution in [3.8, 4) is 0 Å². The zero-order chi connectivity index (χ0) is 21.6. The zero-order valence-electron chi connectivity index (χ0n) is 15.1. The molecule has 0 saturated carbocycles. The number of thiazole rings is 1. The van der Waals surface area contributed by atoms with E-state index in [9.17, 15) is 19.7 Å². The maximum Gasteiger partial charge on any atom is 0.224 e. The van der Waals surface area contributed by atoms with Crippen LogP contribution in [0.15, 0.2) is 34.7 Å². The smallest absolute Gasteiger partial charge is 0.224 e. The molecule has 0 amide bonds. The lowest BCUT2D eigenvalue weighted by Gasteiger charge is -2.28. The Hall–Kier alpha value is -1.11. The summed E-state index contributed by atoms with van der Waals surface area (Å²) in [6.45, 7) is 0.996. The molecule has 4 unspecified atom stereocenters. The van der Waals surface area contributed by atoms with Crippen LogP contribution >= 0.6 is 46.3 Å². The van der Waals surface area contributed by atoms with Crippen LogP contribution in [0.5, 0.6) is 0 Å². The van der Waals surface area contributed by atoms with Gasteiger partial charge in [0.05, 0.1) is 28.5 Å². The van der Waals surface area contributed by atoms with Gasteiger partial charge in [-0.2, -0.15) is 4.39 Å². The van der Waals surface area contributed by atoms with Crippen molar-refractivity contribution in [2.75, 3.05) is 6.61 Å². The molecule has 0 radical (unpaired) electrons. The summed E-state index contributed by atoms with van der Waals surface area (Å²) in [4.78, 5) is 4.24. The highest BCUT2D eigenvalue weighted by atomic mass is 35.5. The van der Waals surface area contributed by atoms with Gasteiger partial charge < -0.3 is 31.1 Å². The average molecular weight is 484 g/mol. The summed E-state index contributed by atoms with van der Waals surface area (Å²) in [5.74, 6) is -0.652. The Morgan fingerprint density at radius 1 is 1.41 bits per heavy atom. The van der Waals surface area contributed by atoms with Crippen molar-refractivity contribution < 1.29 is 24.4 Å². The highest BCUT2D eigenvalue weighted by molar-refractivity contribution is 7.99. The molecule has 0 saturated heterocycles. The van der Waals surface area contributed by atoms with Gasteiger partial charge in [0.2, 0.25) is 5.95 Å². The van der Waals surface area contributed by atoms with Gasteiger partial charge in [-0.3, -0.25) is 0 Å². The molecule has 0 aliphatic heterocycles. The van der Waals surface area contributed by atoms with Crippen LogP contribution in [0, 0.1) is 5.95 Å². The molecule has 1 heterocycles. The first-order valence-electron chi connectivity index (χ1n) is 8.28. The molecule has 0 aliphatic carbocycles. The van der Waals surface area contributed by atoms with E-state index >= 15 is 0 Å². The predicted octanol–water partition coefficient (Wildman–Crippen LogP) is 2.63. The van der Waals surface area contributed by atoms with Gasteiger partial charge >= 0.3 is 0 Å². The quantitative estimate of drug-likeness (QED) is 0.258. The Morgan fingerprint density at radius 2 is 2.14 bits per heavy atom. The molecule has 7 nitrogen and oxygen atoms in total. The summed E-state index contributed by atoms with van der Waals surface area (Å²) >= 11 is 14.0. The Balaban J connectivity index is 2.16. The molecular formula is C17H20Cl2FN3O4S2. The zero-order valence-corrected chi connectivity index (χ0v) is 18.3. The van der Waals surface area contributed by atoms with Gasteiger partial charge in [0.15, 0.2) is 11.7 Å². The SMILES string of the molecule is CC(O)C(CO)OC(Sc1ccc(Cl)c(Cl)c1)C(O)N/C=C(\N)c1nc(F)cs1. The van der Waals surface area contributed by atoms with E-state index < -0.39 is 36.4 Å². The van der Waals surface area contributed by atoms with Crippen molar-refractivity contribution in [1.29, 1.82) is 0 Å². The summed E-state index contributed by atoms with van der Waals surface area (Å²) in [7, 11) is 0. The maximum absolute atomic E-state index is 13.0. The van der Waals surface area contributed by atoms with Crippen LogP contribution in [0.2, 0.25) is 10.0 Å². The minimum atomic E-state index is -1.31. The Labute approximate surface area is 185 Å². The summed E-state index contributed by atoms with van der Waals surface area (Å²) < 4.78 is 18.7. The molecular weight excluding hydrogens is 464 g/mol. The summed E-state index contributed by atoms with van der Waals surface area (Å²) in [5, 5.41) is 34.5. The predicted molar refractivity (Wildman–Crippen MR) is 113 cm³/mol. The van der Waals surface area contributed by atoms with Crippen molar-refractivity contribution in [3.05, 3.63) is 50.8 Å². The van der Waals surface area contributed by atoms with Gasteiger partial charge in [0, 0.05) is 16.5 Å². The van der Waals surface area contributed by atoms with Crippen molar-refractivity contribution >= 4 is 52.0 Å². The lowest BCUT2D eigenvalue weighted by Crippen LogP contribution is -2.42. The number of aliphatic hydroxyl groups excluding tert-OH is 3. The fourth-order valence-corrected chi connectivity index (χ4v) is 4.00. The number of aromatic nitrogens is 1.